The lowest BCUT2D eigenvalue weighted by Crippen LogP contribution is -2.17. The number of methoxy groups -OCH3 is 1. The number of aromatic nitrogens is 1. The van der Waals surface area contributed by atoms with Crippen LogP contribution >= 0.6 is 15.9 Å². The zero-order valence-corrected chi connectivity index (χ0v) is 15.6. The van der Waals surface area contributed by atoms with Crippen LogP contribution in [0.3, 0.4) is 0 Å². The first-order valence-corrected chi connectivity index (χ1v) is 8.25. The van der Waals surface area contributed by atoms with Crippen molar-refractivity contribution in [1.82, 2.24) is 4.98 Å². The third-order valence-electron chi connectivity index (χ3n) is 3.35. The number of rotatable bonds is 6. The first-order valence-electron chi connectivity index (χ1n) is 7.46. The first kappa shape index (κ1) is 19.5. The topological polar surface area (TPSA) is 106 Å². The molecule has 2 N–H and O–H groups in total. The number of nitrogens with one attached hydrogen (secondary N) is 1. The number of halogens is 1. The van der Waals surface area contributed by atoms with Gasteiger partial charge in [0.2, 0.25) is 0 Å². The molecule has 0 atom stereocenters. The molecule has 0 aliphatic rings. The van der Waals surface area contributed by atoms with Gasteiger partial charge in [-0.3, -0.25) is 9.59 Å². The zero-order chi connectivity index (χ0) is 19.3. The number of carbonyl (C=O) groups is 2. The lowest BCUT2D eigenvalue weighted by atomic mass is 10.1. The Hall–Kier alpha value is -2.87. The van der Waals surface area contributed by atoms with E-state index in [4.69, 9.17) is 4.74 Å². The summed E-state index contributed by atoms with van der Waals surface area (Å²) in [5, 5.41) is 9.81. The number of H-pyrrole nitrogens is 1. The smallest absolute Gasteiger partial charge is 0.343 e. The van der Waals surface area contributed by atoms with Crippen LogP contribution < -0.4 is 10.3 Å². The Bertz CT molecular complexity index is 932. The van der Waals surface area contributed by atoms with Gasteiger partial charge >= 0.3 is 5.97 Å². The molecule has 2 aromatic rings. The molecule has 8 heteroatoms. The number of allylic oxidation sites excluding steroid dienone is 1. The van der Waals surface area contributed by atoms with Gasteiger partial charge in [0.15, 0.2) is 12.4 Å². The van der Waals surface area contributed by atoms with Crippen molar-refractivity contribution in [1.29, 1.82) is 0 Å². The fourth-order valence-electron chi connectivity index (χ4n) is 2.10. The average molecular weight is 422 g/mol. The molecule has 0 aliphatic carbocycles. The number of hydrogen-bond acceptors (Lipinski definition) is 6. The molecule has 1 aromatic carbocycles. The number of benzene rings is 1. The molecule has 26 heavy (non-hydrogen) atoms. The van der Waals surface area contributed by atoms with Crippen molar-refractivity contribution < 1.29 is 24.2 Å². The minimum absolute atomic E-state index is 0.224. The molecular formula is C18H16BrNO6. The fraction of sp³-hybridized carbons (Fsp3) is 0.167. The first-order chi connectivity index (χ1) is 12.3. The van der Waals surface area contributed by atoms with E-state index in [-0.39, 0.29) is 17.9 Å². The predicted octanol–water partition coefficient (Wildman–Crippen LogP) is 2.60. The van der Waals surface area contributed by atoms with Crippen LogP contribution in [0, 0.1) is 6.92 Å². The lowest BCUT2D eigenvalue weighted by Gasteiger charge is -2.07. The Morgan fingerprint density at radius 1 is 1.31 bits per heavy atom. The molecule has 0 saturated carbocycles. The van der Waals surface area contributed by atoms with Crippen LogP contribution in [0.25, 0.3) is 6.08 Å². The molecule has 0 radical (unpaired) electrons. The van der Waals surface area contributed by atoms with E-state index < -0.39 is 17.3 Å². The third kappa shape index (κ3) is 4.82. The number of hydrogen-bond donors (Lipinski definition) is 2. The van der Waals surface area contributed by atoms with Crippen molar-refractivity contribution in [2.24, 2.45) is 0 Å². The van der Waals surface area contributed by atoms with E-state index in [1.54, 1.807) is 25.1 Å². The highest BCUT2D eigenvalue weighted by molar-refractivity contribution is 9.10. The number of pyridine rings is 1. The van der Waals surface area contributed by atoms with Crippen LogP contribution in [-0.4, -0.2) is 35.6 Å². The fourth-order valence-corrected chi connectivity index (χ4v) is 2.61. The van der Waals surface area contributed by atoms with Gasteiger partial charge in [-0.1, -0.05) is 12.1 Å². The van der Waals surface area contributed by atoms with Gasteiger partial charge in [0.1, 0.15) is 17.1 Å². The number of ketones is 1. The molecule has 0 fully saturated rings. The van der Waals surface area contributed by atoms with Crippen molar-refractivity contribution in [3.8, 4) is 11.5 Å². The quantitative estimate of drug-likeness (QED) is 0.421. The van der Waals surface area contributed by atoms with Gasteiger partial charge < -0.3 is 19.6 Å². The molecule has 0 unspecified atom stereocenters. The largest absolute Gasteiger partial charge is 0.507 e. The number of esters is 1. The minimum Gasteiger partial charge on any atom is -0.507 e. The summed E-state index contributed by atoms with van der Waals surface area (Å²) in [6.07, 6.45) is 2.69. The van der Waals surface area contributed by atoms with Crippen LogP contribution in [0.5, 0.6) is 11.5 Å². The van der Waals surface area contributed by atoms with Crippen LogP contribution in [0.2, 0.25) is 0 Å². The van der Waals surface area contributed by atoms with Gasteiger partial charge in [-0.05, 0) is 52.7 Å². The molecule has 0 spiro atoms. The van der Waals surface area contributed by atoms with Gasteiger partial charge in [0.05, 0.1) is 11.6 Å². The Morgan fingerprint density at radius 3 is 2.65 bits per heavy atom. The number of aromatic amines is 1. The molecule has 7 nitrogen and oxygen atoms in total. The summed E-state index contributed by atoms with van der Waals surface area (Å²) in [6.45, 7) is 1.38. The maximum Gasteiger partial charge on any atom is 0.343 e. The molecule has 1 aromatic heterocycles. The summed E-state index contributed by atoms with van der Waals surface area (Å²) >= 11 is 3.31. The normalized spacial score (nSPS) is 10.7. The Kier molecular flexibility index (Phi) is 6.35. The zero-order valence-electron chi connectivity index (χ0n) is 14.0. The second kappa shape index (κ2) is 8.48. The van der Waals surface area contributed by atoms with Crippen molar-refractivity contribution >= 4 is 33.8 Å². The Labute approximate surface area is 157 Å². The summed E-state index contributed by atoms with van der Waals surface area (Å²) in [5.74, 6) is -1.05. The summed E-state index contributed by atoms with van der Waals surface area (Å²) in [5.41, 5.74) is 0.145. The number of aromatic hydroxyl groups is 1. The molecule has 2 rings (SSSR count). The summed E-state index contributed by atoms with van der Waals surface area (Å²) < 4.78 is 10.4. The van der Waals surface area contributed by atoms with Crippen LogP contribution in [0.15, 0.2) is 39.6 Å². The van der Waals surface area contributed by atoms with Gasteiger partial charge in [-0.25, -0.2) is 4.79 Å². The highest BCUT2D eigenvalue weighted by atomic mass is 79.9. The van der Waals surface area contributed by atoms with E-state index in [0.29, 0.717) is 21.5 Å². The third-order valence-corrected chi connectivity index (χ3v) is 3.97. The van der Waals surface area contributed by atoms with E-state index in [1.165, 1.54) is 25.3 Å². The number of carbonyl (C=O) groups excluding carboxylic acids is 2. The Morgan fingerprint density at radius 2 is 2.04 bits per heavy atom. The van der Waals surface area contributed by atoms with Crippen molar-refractivity contribution in [2.75, 3.05) is 13.7 Å². The monoisotopic (exact) mass is 421 g/mol. The molecule has 0 bridgehead atoms. The van der Waals surface area contributed by atoms with Gasteiger partial charge in [0.25, 0.3) is 5.56 Å². The highest BCUT2D eigenvalue weighted by Crippen LogP contribution is 2.26. The average Bonchev–Trinajstić information content (AvgIpc) is 2.57. The molecule has 136 valence electrons. The molecule has 0 saturated heterocycles. The van der Waals surface area contributed by atoms with Crippen molar-refractivity contribution in [2.45, 2.75) is 6.92 Å². The maximum absolute atomic E-state index is 12.2. The second-order valence-electron chi connectivity index (χ2n) is 5.29. The highest BCUT2D eigenvalue weighted by Gasteiger charge is 2.14. The molecule has 1 heterocycles. The molecule has 0 aliphatic heterocycles. The van der Waals surface area contributed by atoms with Crippen molar-refractivity contribution in [3.63, 3.8) is 0 Å². The summed E-state index contributed by atoms with van der Waals surface area (Å²) in [4.78, 5) is 37.6. The summed E-state index contributed by atoms with van der Waals surface area (Å²) in [7, 11) is 1.27. The van der Waals surface area contributed by atoms with E-state index >= 15 is 0 Å². The van der Waals surface area contributed by atoms with Gasteiger partial charge in [-0.15, -0.1) is 0 Å². The SMILES string of the molecule is COC(=O)COc1ccc(C=CC(=O)c2c(O)cc(C)[nH]c2=O)cc1Br. The standard InChI is InChI=1S/C18H16BrNO6/c1-10-7-14(22)17(18(24)20-10)13(21)5-3-11-4-6-15(12(19)8-11)26-9-16(23)25-2/h3-8H,9H2,1-2H3,(H2,20,22,24). The van der Waals surface area contributed by atoms with Crippen molar-refractivity contribution in [3.05, 3.63) is 62.0 Å². The van der Waals surface area contributed by atoms with Crippen LogP contribution in [0.1, 0.15) is 21.6 Å². The number of ether oxygens (including phenoxy) is 2. The van der Waals surface area contributed by atoms with Crippen LogP contribution in [-0.2, 0) is 9.53 Å². The molecule has 0 amide bonds. The lowest BCUT2D eigenvalue weighted by molar-refractivity contribution is -0.142. The Balaban J connectivity index is 2.16. The van der Waals surface area contributed by atoms with E-state index in [2.05, 4.69) is 25.7 Å². The summed E-state index contributed by atoms with van der Waals surface area (Å²) in [6, 6.07) is 6.27. The van der Waals surface area contributed by atoms with E-state index in [1.807, 2.05) is 0 Å². The predicted molar refractivity (Wildman–Crippen MR) is 98.5 cm³/mol. The maximum atomic E-state index is 12.2. The molecular weight excluding hydrogens is 406 g/mol. The second-order valence-corrected chi connectivity index (χ2v) is 6.15. The van der Waals surface area contributed by atoms with E-state index in [0.717, 1.165) is 0 Å². The van der Waals surface area contributed by atoms with Gasteiger partial charge in [-0.2, -0.15) is 0 Å². The van der Waals surface area contributed by atoms with E-state index in [9.17, 15) is 19.5 Å². The number of aryl methyl sites for hydroxylation is 1. The van der Waals surface area contributed by atoms with Gasteiger partial charge in [0, 0.05) is 5.69 Å². The van der Waals surface area contributed by atoms with Crippen LogP contribution in [0.4, 0.5) is 0 Å². The minimum atomic E-state index is -0.648.